The Kier molecular flexibility index (Phi) is 4.97. The van der Waals surface area contributed by atoms with Gasteiger partial charge in [0, 0.05) is 37.2 Å². The molecule has 2 rings (SSSR count). The maximum atomic E-state index is 3.63. The van der Waals surface area contributed by atoms with Crippen molar-refractivity contribution in [2.75, 3.05) is 37.7 Å². The summed E-state index contributed by atoms with van der Waals surface area (Å²) in [6.45, 7) is 5.09. The minimum atomic E-state index is 0.775. The molecule has 4 heteroatoms. The van der Waals surface area contributed by atoms with Crippen LogP contribution in [0.4, 0.5) is 0 Å². The summed E-state index contributed by atoms with van der Waals surface area (Å²) in [6.07, 6.45) is 4.19. The van der Waals surface area contributed by atoms with Gasteiger partial charge in [-0.3, -0.25) is 0 Å². The molecule has 2 aliphatic rings. The van der Waals surface area contributed by atoms with Crippen LogP contribution in [0.3, 0.4) is 0 Å². The Bertz CT molecular complexity index is 152. The molecule has 1 atom stereocenters. The maximum Gasteiger partial charge on any atom is 0.0195 e. The summed E-state index contributed by atoms with van der Waals surface area (Å²) in [5.74, 6) is 2.61. The Morgan fingerprint density at radius 1 is 1.14 bits per heavy atom. The van der Waals surface area contributed by atoms with Crippen LogP contribution in [-0.4, -0.2) is 48.6 Å². The number of rotatable bonds is 2. The van der Waals surface area contributed by atoms with Crippen molar-refractivity contribution in [1.82, 2.24) is 10.2 Å². The predicted octanol–water partition coefficient (Wildman–Crippen LogP) is 1.83. The highest BCUT2D eigenvalue weighted by Crippen LogP contribution is 2.24. The van der Waals surface area contributed by atoms with Gasteiger partial charge in [0.05, 0.1) is 0 Å². The lowest BCUT2D eigenvalue weighted by atomic mass is 10.0. The molecule has 0 spiro atoms. The summed E-state index contributed by atoms with van der Waals surface area (Å²) in [5.41, 5.74) is 0. The van der Waals surface area contributed by atoms with Crippen molar-refractivity contribution < 1.29 is 0 Å². The second-order valence-electron chi connectivity index (χ2n) is 4.09. The van der Waals surface area contributed by atoms with E-state index in [-0.39, 0.29) is 0 Å². The zero-order chi connectivity index (χ0) is 9.64. The van der Waals surface area contributed by atoms with Crippen LogP contribution < -0.4 is 5.32 Å². The van der Waals surface area contributed by atoms with Gasteiger partial charge in [0.15, 0.2) is 0 Å². The van der Waals surface area contributed by atoms with E-state index in [0.717, 1.165) is 6.04 Å². The fourth-order valence-electron chi connectivity index (χ4n) is 2.14. The van der Waals surface area contributed by atoms with Crippen molar-refractivity contribution in [3.8, 4) is 0 Å². The fourth-order valence-corrected chi connectivity index (χ4v) is 4.19. The van der Waals surface area contributed by atoms with E-state index in [4.69, 9.17) is 0 Å². The van der Waals surface area contributed by atoms with E-state index in [1.54, 1.807) is 0 Å². The minimum absolute atomic E-state index is 0.775. The largest absolute Gasteiger partial charge is 0.313 e. The van der Waals surface area contributed by atoms with Crippen molar-refractivity contribution in [2.45, 2.75) is 25.3 Å². The normalized spacial score (nSPS) is 31.3. The Labute approximate surface area is 95.0 Å². The zero-order valence-electron chi connectivity index (χ0n) is 8.71. The van der Waals surface area contributed by atoms with Crippen LogP contribution in [0.1, 0.15) is 19.3 Å². The third kappa shape index (κ3) is 3.65. The summed E-state index contributed by atoms with van der Waals surface area (Å²) in [5, 5.41) is 3.63. The molecular formula is C10H20N2S2. The van der Waals surface area contributed by atoms with Gasteiger partial charge in [-0.2, -0.15) is 0 Å². The third-order valence-electron chi connectivity index (χ3n) is 2.96. The van der Waals surface area contributed by atoms with Crippen LogP contribution >= 0.6 is 21.6 Å². The molecule has 1 unspecified atom stereocenters. The molecule has 0 saturated carbocycles. The van der Waals surface area contributed by atoms with Gasteiger partial charge in [0.1, 0.15) is 0 Å². The second kappa shape index (κ2) is 6.26. The third-order valence-corrected chi connectivity index (χ3v) is 5.32. The predicted molar refractivity (Wildman–Crippen MR) is 67.0 cm³/mol. The summed E-state index contributed by atoms with van der Waals surface area (Å²) in [6, 6.07) is 0.775. The standard InChI is InChI=1S/C10H20N2S2/c1-2-4-11-10(3-1)9-12-5-7-13-14-8-6-12/h10-11H,1-9H2. The first-order valence-corrected chi connectivity index (χ1v) is 8.14. The van der Waals surface area contributed by atoms with E-state index in [9.17, 15) is 0 Å². The van der Waals surface area contributed by atoms with Gasteiger partial charge < -0.3 is 10.2 Å². The molecule has 0 aromatic rings. The Balaban J connectivity index is 1.71. The SMILES string of the molecule is C1CCC(CN2CCSSCC2)NC1. The van der Waals surface area contributed by atoms with Crippen LogP contribution in [0, 0.1) is 0 Å². The lowest BCUT2D eigenvalue weighted by molar-refractivity contribution is 0.246. The highest BCUT2D eigenvalue weighted by Gasteiger charge is 2.17. The average Bonchev–Trinajstić information content (AvgIpc) is 2.48. The first-order chi connectivity index (χ1) is 6.95. The van der Waals surface area contributed by atoms with Crippen molar-refractivity contribution in [1.29, 1.82) is 0 Å². The van der Waals surface area contributed by atoms with Gasteiger partial charge in [-0.05, 0) is 19.4 Å². The summed E-state index contributed by atoms with van der Waals surface area (Å²) < 4.78 is 0. The molecule has 0 radical (unpaired) electrons. The first-order valence-electron chi connectivity index (χ1n) is 5.65. The maximum absolute atomic E-state index is 3.63. The van der Waals surface area contributed by atoms with Gasteiger partial charge in [0.25, 0.3) is 0 Å². The molecule has 0 aromatic carbocycles. The van der Waals surface area contributed by atoms with Crippen LogP contribution in [0.25, 0.3) is 0 Å². The molecule has 0 aliphatic carbocycles. The second-order valence-corrected chi connectivity index (χ2v) is 6.79. The van der Waals surface area contributed by atoms with Crippen LogP contribution in [0.15, 0.2) is 0 Å². The molecule has 0 aromatic heterocycles. The van der Waals surface area contributed by atoms with Crippen molar-refractivity contribution in [3.05, 3.63) is 0 Å². The van der Waals surface area contributed by atoms with Crippen molar-refractivity contribution >= 4 is 21.6 Å². The highest BCUT2D eigenvalue weighted by atomic mass is 33.1. The first kappa shape index (κ1) is 11.1. The molecular weight excluding hydrogens is 212 g/mol. The van der Waals surface area contributed by atoms with Gasteiger partial charge >= 0.3 is 0 Å². The number of nitrogens with one attached hydrogen (secondary N) is 1. The van der Waals surface area contributed by atoms with E-state index in [1.165, 1.54) is 56.9 Å². The summed E-state index contributed by atoms with van der Waals surface area (Å²) in [7, 11) is 4.07. The van der Waals surface area contributed by atoms with E-state index >= 15 is 0 Å². The topological polar surface area (TPSA) is 15.3 Å². The monoisotopic (exact) mass is 232 g/mol. The number of piperidine rings is 1. The molecule has 2 nitrogen and oxygen atoms in total. The van der Waals surface area contributed by atoms with E-state index in [2.05, 4.69) is 10.2 Å². The molecule has 1 N–H and O–H groups in total. The molecule has 14 heavy (non-hydrogen) atoms. The van der Waals surface area contributed by atoms with Crippen LogP contribution in [0.2, 0.25) is 0 Å². The van der Waals surface area contributed by atoms with Crippen molar-refractivity contribution in [3.63, 3.8) is 0 Å². The Hall–Kier alpha value is 0.620. The molecule has 2 heterocycles. The number of hydrogen-bond acceptors (Lipinski definition) is 4. The molecule has 2 saturated heterocycles. The lowest BCUT2D eigenvalue weighted by Gasteiger charge is -2.29. The van der Waals surface area contributed by atoms with Gasteiger partial charge in [-0.15, -0.1) is 0 Å². The van der Waals surface area contributed by atoms with Gasteiger partial charge in [-0.1, -0.05) is 28.0 Å². The quantitative estimate of drug-likeness (QED) is 0.730. The van der Waals surface area contributed by atoms with E-state index < -0.39 is 0 Å². The molecule has 0 amide bonds. The summed E-state index contributed by atoms with van der Waals surface area (Å²) >= 11 is 0. The molecule has 0 bridgehead atoms. The minimum Gasteiger partial charge on any atom is -0.313 e. The lowest BCUT2D eigenvalue weighted by Crippen LogP contribution is -2.44. The smallest absolute Gasteiger partial charge is 0.0195 e. The van der Waals surface area contributed by atoms with Crippen LogP contribution in [0.5, 0.6) is 0 Å². The van der Waals surface area contributed by atoms with E-state index in [0.29, 0.717) is 0 Å². The highest BCUT2D eigenvalue weighted by molar-refractivity contribution is 8.76. The molecule has 2 aliphatic heterocycles. The Morgan fingerprint density at radius 3 is 2.57 bits per heavy atom. The van der Waals surface area contributed by atoms with Gasteiger partial charge in [-0.25, -0.2) is 0 Å². The van der Waals surface area contributed by atoms with Crippen molar-refractivity contribution in [2.24, 2.45) is 0 Å². The average molecular weight is 232 g/mol. The fraction of sp³-hybridized carbons (Fsp3) is 1.00. The molecule has 2 fully saturated rings. The zero-order valence-corrected chi connectivity index (χ0v) is 10.3. The Morgan fingerprint density at radius 2 is 1.93 bits per heavy atom. The van der Waals surface area contributed by atoms with E-state index in [1.807, 2.05) is 21.6 Å². The molecule has 82 valence electrons. The van der Waals surface area contributed by atoms with Gasteiger partial charge in [0.2, 0.25) is 0 Å². The summed E-state index contributed by atoms with van der Waals surface area (Å²) in [4.78, 5) is 2.63. The number of hydrogen-bond donors (Lipinski definition) is 1. The number of nitrogens with zero attached hydrogens (tertiary/aromatic N) is 1. The van der Waals surface area contributed by atoms with Crippen LogP contribution in [-0.2, 0) is 0 Å².